The van der Waals surface area contributed by atoms with Gasteiger partial charge in [0.2, 0.25) is 5.91 Å². The molecular formula is C23H22N4O. The quantitative estimate of drug-likeness (QED) is 0.673. The number of aromatic nitrogens is 1. The molecular weight excluding hydrogens is 348 g/mol. The van der Waals surface area contributed by atoms with Crippen molar-refractivity contribution < 1.29 is 4.79 Å². The van der Waals surface area contributed by atoms with Crippen LogP contribution in [0.5, 0.6) is 0 Å². The summed E-state index contributed by atoms with van der Waals surface area (Å²) >= 11 is 0. The first-order valence-corrected chi connectivity index (χ1v) is 9.66. The number of carbonyl (C=O) groups is 1. The molecule has 0 saturated heterocycles. The van der Waals surface area contributed by atoms with Crippen LogP contribution in [0.15, 0.2) is 54.7 Å². The maximum atomic E-state index is 12.4. The monoisotopic (exact) mass is 370 g/mol. The van der Waals surface area contributed by atoms with E-state index in [9.17, 15) is 10.1 Å². The minimum atomic E-state index is 0.120. The molecule has 140 valence electrons. The van der Waals surface area contributed by atoms with Gasteiger partial charge in [-0.15, -0.1) is 0 Å². The van der Waals surface area contributed by atoms with Gasteiger partial charge < -0.3 is 10.6 Å². The molecule has 28 heavy (non-hydrogen) atoms. The average Bonchev–Trinajstić information content (AvgIpc) is 3.27. The van der Waals surface area contributed by atoms with Crippen molar-refractivity contribution in [3.05, 3.63) is 65.9 Å². The fourth-order valence-electron chi connectivity index (χ4n) is 3.80. The smallest absolute Gasteiger partial charge is 0.227 e. The van der Waals surface area contributed by atoms with Gasteiger partial charge in [-0.25, -0.2) is 0 Å². The molecule has 5 heteroatoms. The van der Waals surface area contributed by atoms with Crippen molar-refractivity contribution in [2.24, 2.45) is 5.92 Å². The van der Waals surface area contributed by atoms with E-state index in [1.54, 1.807) is 6.20 Å². The number of nitrogens with zero attached hydrogens (tertiary/aromatic N) is 2. The Morgan fingerprint density at radius 1 is 1.14 bits per heavy atom. The Bertz CT molecular complexity index is 1050. The van der Waals surface area contributed by atoms with E-state index in [1.165, 1.54) is 0 Å². The van der Waals surface area contributed by atoms with Gasteiger partial charge in [0.1, 0.15) is 6.07 Å². The summed E-state index contributed by atoms with van der Waals surface area (Å²) in [4.78, 5) is 16.7. The highest BCUT2D eigenvalue weighted by Crippen LogP contribution is 2.27. The highest BCUT2D eigenvalue weighted by atomic mass is 16.1. The Morgan fingerprint density at radius 2 is 1.96 bits per heavy atom. The van der Waals surface area contributed by atoms with Gasteiger partial charge in [-0.1, -0.05) is 43.2 Å². The molecule has 1 amide bonds. The number of nitrogens with one attached hydrogen (secondary N) is 2. The number of pyridine rings is 1. The van der Waals surface area contributed by atoms with Gasteiger partial charge in [0.05, 0.1) is 16.8 Å². The normalized spacial score (nSPS) is 14.0. The number of hydrogen-bond donors (Lipinski definition) is 2. The number of rotatable bonds is 5. The summed E-state index contributed by atoms with van der Waals surface area (Å²) in [5.74, 6) is 0.262. The van der Waals surface area contributed by atoms with E-state index in [0.717, 1.165) is 53.5 Å². The van der Waals surface area contributed by atoms with Crippen molar-refractivity contribution in [1.29, 1.82) is 5.26 Å². The molecule has 1 aliphatic rings. The molecule has 0 bridgehead atoms. The van der Waals surface area contributed by atoms with Gasteiger partial charge >= 0.3 is 0 Å². The van der Waals surface area contributed by atoms with Crippen molar-refractivity contribution in [2.75, 3.05) is 10.6 Å². The van der Waals surface area contributed by atoms with E-state index in [1.807, 2.05) is 48.5 Å². The van der Waals surface area contributed by atoms with Crippen molar-refractivity contribution in [2.45, 2.75) is 32.2 Å². The number of para-hydroxylation sites is 1. The number of carbonyl (C=O) groups excluding carboxylic acids is 1. The summed E-state index contributed by atoms with van der Waals surface area (Å²) in [5.41, 5.74) is 4.00. The first-order valence-electron chi connectivity index (χ1n) is 9.66. The lowest BCUT2D eigenvalue weighted by Crippen LogP contribution is -2.20. The Labute approximate surface area is 164 Å². The second kappa shape index (κ2) is 8.10. The van der Waals surface area contributed by atoms with Crippen LogP contribution in [-0.4, -0.2) is 10.9 Å². The maximum Gasteiger partial charge on any atom is 0.227 e. The third kappa shape index (κ3) is 3.81. The maximum absolute atomic E-state index is 12.4. The van der Waals surface area contributed by atoms with Gasteiger partial charge in [-0.2, -0.15) is 5.26 Å². The van der Waals surface area contributed by atoms with Gasteiger partial charge in [0.15, 0.2) is 0 Å². The zero-order valence-corrected chi connectivity index (χ0v) is 15.6. The molecule has 2 aromatic carbocycles. The molecule has 1 heterocycles. The van der Waals surface area contributed by atoms with Crippen LogP contribution in [-0.2, 0) is 11.3 Å². The minimum Gasteiger partial charge on any atom is -0.379 e. The highest BCUT2D eigenvalue weighted by molar-refractivity contribution is 5.94. The van der Waals surface area contributed by atoms with Crippen molar-refractivity contribution in [3.8, 4) is 6.07 Å². The standard InChI is InChI=1S/C23H22N4O/c24-13-18-15-25-21-11-4-3-10-20(21)22(18)26-14-16-6-5-9-19(12-16)27-23(28)17-7-1-2-8-17/h3-6,9-12,15,17H,1-2,7-8,14H2,(H,25,26)(H,27,28). The van der Waals surface area contributed by atoms with Crippen molar-refractivity contribution in [1.82, 2.24) is 4.98 Å². The Hall–Kier alpha value is -3.39. The summed E-state index contributed by atoms with van der Waals surface area (Å²) in [6.07, 6.45) is 5.85. The molecule has 1 aliphatic carbocycles. The van der Waals surface area contributed by atoms with E-state index in [4.69, 9.17) is 0 Å². The second-order valence-electron chi connectivity index (χ2n) is 7.20. The van der Waals surface area contributed by atoms with Gasteiger partial charge in [0.25, 0.3) is 0 Å². The van der Waals surface area contributed by atoms with Crippen LogP contribution in [0.1, 0.15) is 36.8 Å². The van der Waals surface area contributed by atoms with Crippen LogP contribution in [0.2, 0.25) is 0 Å². The molecule has 0 aliphatic heterocycles. The van der Waals surface area contributed by atoms with Crippen molar-refractivity contribution >= 4 is 28.2 Å². The third-order valence-electron chi connectivity index (χ3n) is 5.29. The molecule has 1 saturated carbocycles. The number of amides is 1. The second-order valence-corrected chi connectivity index (χ2v) is 7.20. The molecule has 0 radical (unpaired) electrons. The molecule has 2 N–H and O–H groups in total. The summed E-state index contributed by atoms with van der Waals surface area (Å²) < 4.78 is 0. The number of anilines is 2. The van der Waals surface area contributed by atoms with Crippen LogP contribution in [0, 0.1) is 17.2 Å². The summed E-state index contributed by atoms with van der Waals surface area (Å²) in [5, 5.41) is 16.8. The molecule has 4 rings (SSSR count). The lowest BCUT2D eigenvalue weighted by molar-refractivity contribution is -0.119. The van der Waals surface area contributed by atoms with Gasteiger partial charge in [-0.05, 0) is 36.6 Å². The fraction of sp³-hybridized carbons (Fsp3) is 0.261. The van der Waals surface area contributed by atoms with E-state index in [0.29, 0.717) is 12.1 Å². The summed E-state index contributed by atoms with van der Waals surface area (Å²) in [6, 6.07) is 17.8. The topological polar surface area (TPSA) is 77.8 Å². The Kier molecular flexibility index (Phi) is 5.20. The summed E-state index contributed by atoms with van der Waals surface area (Å²) in [6.45, 7) is 0.551. The van der Waals surface area contributed by atoms with E-state index >= 15 is 0 Å². The number of benzene rings is 2. The SMILES string of the molecule is N#Cc1cnc2ccccc2c1NCc1cccc(NC(=O)C2CCCC2)c1. The minimum absolute atomic E-state index is 0.120. The fourth-order valence-corrected chi connectivity index (χ4v) is 3.80. The lowest BCUT2D eigenvalue weighted by Gasteiger charge is -2.13. The number of hydrogen-bond acceptors (Lipinski definition) is 4. The molecule has 1 fully saturated rings. The van der Waals surface area contributed by atoms with Gasteiger partial charge in [-0.3, -0.25) is 9.78 Å². The zero-order valence-electron chi connectivity index (χ0n) is 15.6. The zero-order chi connectivity index (χ0) is 19.3. The molecule has 0 atom stereocenters. The van der Waals surface area contributed by atoms with Crippen LogP contribution in [0.4, 0.5) is 11.4 Å². The van der Waals surface area contributed by atoms with Crippen molar-refractivity contribution in [3.63, 3.8) is 0 Å². The van der Waals surface area contributed by atoms with E-state index in [2.05, 4.69) is 21.7 Å². The molecule has 5 nitrogen and oxygen atoms in total. The molecule has 0 unspecified atom stereocenters. The molecule has 1 aromatic heterocycles. The van der Waals surface area contributed by atoms with Crippen LogP contribution in [0.3, 0.4) is 0 Å². The predicted molar refractivity (Wildman–Crippen MR) is 111 cm³/mol. The molecule has 0 spiro atoms. The van der Waals surface area contributed by atoms with Crippen LogP contribution >= 0.6 is 0 Å². The van der Waals surface area contributed by atoms with E-state index < -0.39 is 0 Å². The lowest BCUT2D eigenvalue weighted by atomic mass is 10.1. The van der Waals surface area contributed by atoms with E-state index in [-0.39, 0.29) is 11.8 Å². The largest absolute Gasteiger partial charge is 0.379 e. The summed E-state index contributed by atoms with van der Waals surface area (Å²) in [7, 11) is 0. The first kappa shape index (κ1) is 18.0. The van der Waals surface area contributed by atoms with Crippen LogP contribution in [0.25, 0.3) is 10.9 Å². The first-order chi connectivity index (χ1) is 13.7. The Balaban J connectivity index is 1.51. The Morgan fingerprint density at radius 3 is 2.79 bits per heavy atom. The number of nitriles is 1. The third-order valence-corrected chi connectivity index (χ3v) is 5.29. The number of fused-ring (bicyclic) bond motifs is 1. The average molecular weight is 370 g/mol. The molecule has 3 aromatic rings. The van der Waals surface area contributed by atoms with Crippen LogP contribution < -0.4 is 10.6 Å². The highest BCUT2D eigenvalue weighted by Gasteiger charge is 2.22. The van der Waals surface area contributed by atoms with Gasteiger partial charge in [0, 0.05) is 29.7 Å². The predicted octanol–water partition coefficient (Wildman–Crippen LogP) is 4.85.